The van der Waals surface area contributed by atoms with Crippen molar-refractivity contribution >= 4 is 29.3 Å². The summed E-state index contributed by atoms with van der Waals surface area (Å²) in [6.07, 6.45) is -0.608. The van der Waals surface area contributed by atoms with Gasteiger partial charge < -0.3 is 25.8 Å². The van der Waals surface area contributed by atoms with E-state index in [4.69, 9.17) is 0 Å². The van der Waals surface area contributed by atoms with Crippen molar-refractivity contribution in [2.75, 3.05) is 24.7 Å². The van der Waals surface area contributed by atoms with Gasteiger partial charge in [0.05, 0.1) is 5.92 Å². The molecule has 234 valence electrons. The lowest BCUT2D eigenvalue weighted by Gasteiger charge is -2.48. The fourth-order valence-corrected chi connectivity index (χ4v) is 5.86. The van der Waals surface area contributed by atoms with Gasteiger partial charge in [0, 0.05) is 67.3 Å². The molecule has 1 aromatic heterocycles. The number of amides is 2. The van der Waals surface area contributed by atoms with E-state index in [0.29, 0.717) is 30.5 Å². The van der Waals surface area contributed by atoms with Crippen LogP contribution in [0.3, 0.4) is 0 Å². The van der Waals surface area contributed by atoms with Gasteiger partial charge in [0.1, 0.15) is 11.4 Å². The summed E-state index contributed by atoms with van der Waals surface area (Å²) in [5.74, 6) is -1.20. The summed E-state index contributed by atoms with van der Waals surface area (Å²) in [5.41, 5.74) is 0.841. The second-order valence-electron chi connectivity index (χ2n) is 12.5. The van der Waals surface area contributed by atoms with Gasteiger partial charge in [-0.1, -0.05) is 13.0 Å². The van der Waals surface area contributed by atoms with Crippen molar-refractivity contribution in [2.24, 2.45) is 5.92 Å². The molecule has 12 heteroatoms. The van der Waals surface area contributed by atoms with Gasteiger partial charge in [-0.05, 0) is 71.2 Å². The molecule has 1 aromatic carbocycles. The predicted octanol–water partition coefficient (Wildman–Crippen LogP) is 5.80. The highest BCUT2D eigenvalue weighted by Gasteiger charge is 2.39. The topological polar surface area (TPSA) is 102 Å². The van der Waals surface area contributed by atoms with E-state index < -0.39 is 23.7 Å². The summed E-state index contributed by atoms with van der Waals surface area (Å²) in [6, 6.07) is 6.10. The standard InChI is InChI=1S/C31H42F3N7O2/c1-18(2)36-27(42)23-9-8-10-25(23)38-26-24(31(32,33)34)17-35-29(39-26)37-21-13-11-20(12-14-21)28(43)40(6)22-15-19(3)41(7)30(4,5)16-22/h11-14,17-18,22-23,25H,3,8-10,15-16H2,1-2,4-7H3,(H,36,42)(H2,35,37,38,39)/t22?,23-,25+/m0/s1. The molecular weight excluding hydrogens is 559 g/mol. The molecular formula is C31H42F3N7O2. The lowest BCUT2D eigenvalue weighted by Crippen LogP contribution is -2.52. The lowest BCUT2D eigenvalue weighted by atomic mass is 9.85. The third-order valence-corrected chi connectivity index (χ3v) is 8.54. The Morgan fingerprint density at radius 2 is 1.84 bits per heavy atom. The minimum Gasteiger partial charge on any atom is -0.373 e. The van der Waals surface area contributed by atoms with Crippen LogP contribution < -0.4 is 16.0 Å². The molecule has 2 aliphatic rings. The fraction of sp³-hybridized carbons (Fsp3) is 0.548. The molecule has 2 fully saturated rings. The lowest BCUT2D eigenvalue weighted by molar-refractivity contribution is -0.137. The number of likely N-dealkylation sites (tertiary alicyclic amines) is 1. The van der Waals surface area contributed by atoms with Gasteiger partial charge in [-0.2, -0.15) is 18.2 Å². The highest BCUT2D eigenvalue weighted by Crippen LogP contribution is 2.37. The third-order valence-electron chi connectivity index (χ3n) is 8.54. The van der Waals surface area contributed by atoms with E-state index in [1.54, 1.807) is 36.2 Å². The van der Waals surface area contributed by atoms with Gasteiger partial charge in [0.2, 0.25) is 11.9 Å². The zero-order valence-electron chi connectivity index (χ0n) is 25.7. The molecule has 1 saturated heterocycles. The molecule has 0 radical (unpaired) electrons. The van der Waals surface area contributed by atoms with E-state index in [1.165, 1.54) is 0 Å². The average Bonchev–Trinajstić information content (AvgIpc) is 3.38. The maximum Gasteiger partial charge on any atom is 0.421 e. The number of hydrogen-bond donors (Lipinski definition) is 3. The molecule has 1 saturated carbocycles. The summed E-state index contributed by atoms with van der Waals surface area (Å²) in [7, 11) is 3.81. The van der Waals surface area contributed by atoms with Crippen molar-refractivity contribution < 1.29 is 22.8 Å². The summed E-state index contributed by atoms with van der Waals surface area (Å²) in [5, 5.41) is 8.69. The van der Waals surface area contributed by atoms with Crippen LogP contribution >= 0.6 is 0 Å². The van der Waals surface area contributed by atoms with E-state index >= 15 is 0 Å². The first kappa shape index (κ1) is 32.1. The Bertz CT molecular complexity index is 1340. The van der Waals surface area contributed by atoms with Crippen molar-refractivity contribution in [3.63, 3.8) is 0 Å². The number of carbonyl (C=O) groups is 2. The van der Waals surface area contributed by atoms with Crippen molar-refractivity contribution in [1.82, 2.24) is 25.1 Å². The summed E-state index contributed by atoms with van der Waals surface area (Å²) in [4.78, 5) is 37.9. The zero-order valence-corrected chi connectivity index (χ0v) is 25.7. The Hall–Kier alpha value is -3.83. The van der Waals surface area contributed by atoms with Gasteiger partial charge in [-0.15, -0.1) is 0 Å². The van der Waals surface area contributed by atoms with Crippen molar-refractivity contribution in [3.05, 3.63) is 53.9 Å². The Labute approximate surface area is 251 Å². The SMILES string of the molecule is C=C1CC(N(C)C(=O)c2ccc(Nc3ncc(C(F)(F)F)c(N[C@@H]4CCC[C@@H]4C(=O)NC(C)C)n3)cc2)CC(C)(C)N1C. The van der Waals surface area contributed by atoms with Crippen molar-refractivity contribution in [2.45, 2.75) is 89.6 Å². The largest absolute Gasteiger partial charge is 0.421 e. The molecule has 2 heterocycles. The predicted molar refractivity (Wildman–Crippen MR) is 161 cm³/mol. The summed E-state index contributed by atoms with van der Waals surface area (Å²) < 4.78 is 41.5. The second-order valence-corrected chi connectivity index (χ2v) is 12.5. The Kier molecular flexibility index (Phi) is 9.27. The first-order valence-corrected chi connectivity index (χ1v) is 14.6. The van der Waals surface area contributed by atoms with Crippen LogP contribution in [-0.2, 0) is 11.0 Å². The van der Waals surface area contributed by atoms with E-state index in [-0.39, 0.29) is 41.2 Å². The van der Waals surface area contributed by atoms with Crippen LogP contribution in [0.15, 0.2) is 42.7 Å². The molecule has 1 aliphatic carbocycles. The quantitative estimate of drug-likeness (QED) is 0.351. The number of nitrogens with zero attached hydrogens (tertiary/aromatic N) is 4. The number of benzene rings is 1. The molecule has 0 bridgehead atoms. The average molecular weight is 602 g/mol. The minimum absolute atomic E-state index is 0.00591. The number of rotatable bonds is 8. The Morgan fingerprint density at radius 3 is 2.44 bits per heavy atom. The molecule has 3 atom stereocenters. The highest BCUT2D eigenvalue weighted by atomic mass is 19.4. The number of nitrogens with one attached hydrogen (secondary N) is 3. The molecule has 2 amide bonds. The van der Waals surface area contributed by atoms with Gasteiger partial charge in [0.15, 0.2) is 0 Å². The second kappa shape index (κ2) is 12.4. The van der Waals surface area contributed by atoms with Gasteiger partial charge in [-0.3, -0.25) is 9.59 Å². The molecule has 43 heavy (non-hydrogen) atoms. The molecule has 1 aliphatic heterocycles. The molecule has 3 N–H and O–H groups in total. The highest BCUT2D eigenvalue weighted by molar-refractivity contribution is 5.94. The number of aromatic nitrogens is 2. The van der Waals surface area contributed by atoms with Crippen molar-refractivity contribution in [1.29, 1.82) is 0 Å². The van der Waals surface area contributed by atoms with Crippen LogP contribution in [0.2, 0.25) is 0 Å². The normalized spacial score (nSPS) is 22.0. The maximum atomic E-state index is 13.8. The first-order valence-electron chi connectivity index (χ1n) is 14.6. The van der Waals surface area contributed by atoms with Crippen LogP contribution in [0.5, 0.6) is 0 Å². The van der Waals surface area contributed by atoms with Gasteiger partial charge in [-0.25, -0.2) is 4.98 Å². The fourth-order valence-electron chi connectivity index (χ4n) is 5.86. The summed E-state index contributed by atoms with van der Waals surface area (Å²) >= 11 is 0. The van der Waals surface area contributed by atoms with Crippen LogP contribution in [0.4, 0.5) is 30.6 Å². The molecule has 2 aromatic rings. The molecule has 1 unspecified atom stereocenters. The van der Waals surface area contributed by atoms with Crippen LogP contribution in [-0.4, -0.2) is 69.3 Å². The number of anilines is 3. The number of piperidine rings is 1. The van der Waals surface area contributed by atoms with Crippen LogP contribution in [0, 0.1) is 5.92 Å². The monoisotopic (exact) mass is 601 g/mol. The minimum atomic E-state index is -4.68. The van der Waals surface area contributed by atoms with E-state index in [2.05, 4.69) is 51.2 Å². The maximum absolute atomic E-state index is 13.8. The molecule has 0 spiro atoms. The van der Waals surface area contributed by atoms with E-state index in [9.17, 15) is 22.8 Å². The number of alkyl halides is 3. The van der Waals surface area contributed by atoms with Gasteiger partial charge >= 0.3 is 6.18 Å². The smallest absolute Gasteiger partial charge is 0.373 e. The number of hydrogen-bond acceptors (Lipinski definition) is 7. The van der Waals surface area contributed by atoms with Crippen molar-refractivity contribution in [3.8, 4) is 0 Å². The first-order chi connectivity index (χ1) is 20.1. The van der Waals surface area contributed by atoms with Crippen LogP contribution in [0.1, 0.15) is 75.7 Å². The molecule has 9 nitrogen and oxygen atoms in total. The Morgan fingerprint density at radius 1 is 1.16 bits per heavy atom. The zero-order chi connectivity index (χ0) is 31.7. The number of carbonyl (C=O) groups excluding carboxylic acids is 2. The van der Waals surface area contributed by atoms with E-state index in [0.717, 1.165) is 24.7 Å². The van der Waals surface area contributed by atoms with E-state index in [1.807, 2.05) is 20.9 Å². The van der Waals surface area contributed by atoms with Gasteiger partial charge in [0.25, 0.3) is 5.91 Å². The Balaban J connectivity index is 1.48. The third kappa shape index (κ3) is 7.40. The summed E-state index contributed by atoms with van der Waals surface area (Å²) in [6.45, 7) is 12.1. The van der Waals surface area contributed by atoms with Crippen LogP contribution in [0.25, 0.3) is 0 Å². The number of halogens is 3. The molecule has 4 rings (SSSR count).